The third kappa shape index (κ3) is 3.28. The van der Waals surface area contributed by atoms with E-state index in [2.05, 4.69) is 30.4 Å². The van der Waals surface area contributed by atoms with E-state index in [1.807, 2.05) is 0 Å². The fourth-order valence-corrected chi connectivity index (χ4v) is 2.75. The number of hydrogen-bond donors (Lipinski definition) is 1. The highest BCUT2D eigenvalue weighted by molar-refractivity contribution is 5.40. The molecule has 1 aromatic rings. The number of fused-ring (bicyclic) bond motifs is 1. The minimum absolute atomic E-state index is 0.381. The lowest BCUT2D eigenvalue weighted by molar-refractivity contribution is 0.00995. The van der Waals surface area contributed by atoms with E-state index in [0.717, 1.165) is 31.2 Å². The van der Waals surface area contributed by atoms with E-state index < -0.39 is 0 Å². The van der Waals surface area contributed by atoms with Crippen LogP contribution in [0.4, 0.5) is 0 Å². The molecule has 3 nitrogen and oxygen atoms in total. The maximum absolute atomic E-state index is 5.66. The first-order chi connectivity index (χ1) is 9.36. The summed E-state index contributed by atoms with van der Waals surface area (Å²) in [5.74, 6) is 1.73. The van der Waals surface area contributed by atoms with Crippen LogP contribution in [0.5, 0.6) is 5.75 Å². The van der Waals surface area contributed by atoms with E-state index in [1.54, 1.807) is 0 Å². The average Bonchev–Trinajstić information content (AvgIpc) is 3.17. The van der Waals surface area contributed by atoms with E-state index in [0.29, 0.717) is 12.8 Å². The van der Waals surface area contributed by atoms with Gasteiger partial charge in [0.1, 0.15) is 5.75 Å². The van der Waals surface area contributed by atoms with Gasteiger partial charge in [0, 0.05) is 6.04 Å². The van der Waals surface area contributed by atoms with Gasteiger partial charge in [-0.05, 0) is 61.4 Å². The summed E-state index contributed by atoms with van der Waals surface area (Å²) >= 11 is 0. The van der Waals surface area contributed by atoms with Gasteiger partial charge in [-0.25, -0.2) is 0 Å². The summed E-state index contributed by atoms with van der Waals surface area (Å²) in [6.07, 6.45) is 4.99. The van der Waals surface area contributed by atoms with Crippen LogP contribution >= 0.6 is 0 Å². The topological polar surface area (TPSA) is 30.5 Å². The minimum Gasteiger partial charge on any atom is -0.468 e. The molecule has 2 aliphatic carbocycles. The molecule has 1 aromatic carbocycles. The van der Waals surface area contributed by atoms with Gasteiger partial charge in [0.15, 0.2) is 6.79 Å². The Balaban J connectivity index is 1.52. The van der Waals surface area contributed by atoms with Gasteiger partial charge in [-0.1, -0.05) is 13.0 Å². The first-order valence-electron chi connectivity index (χ1n) is 7.43. The average molecular weight is 261 g/mol. The first-order valence-corrected chi connectivity index (χ1v) is 7.43. The summed E-state index contributed by atoms with van der Waals surface area (Å²) in [4.78, 5) is 0. The Bertz CT molecular complexity index is 429. The van der Waals surface area contributed by atoms with E-state index in [4.69, 9.17) is 9.47 Å². The second-order valence-electron chi connectivity index (χ2n) is 5.59. The standard InChI is InChI=1S/C16H23NO2/c1-2-17-16-8-5-13-9-14(6-7-15(13)16)19-11-18-10-12-3-4-12/h6-7,9,12,16-17H,2-5,8,10-11H2,1H3. The molecular formula is C16H23NO2. The highest BCUT2D eigenvalue weighted by Crippen LogP contribution is 2.33. The van der Waals surface area contributed by atoms with Crippen LogP contribution in [0.15, 0.2) is 18.2 Å². The number of nitrogens with one attached hydrogen (secondary N) is 1. The van der Waals surface area contributed by atoms with Crippen LogP contribution in [-0.2, 0) is 11.2 Å². The van der Waals surface area contributed by atoms with E-state index >= 15 is 0 Å². The summed E-state index contributed by atoms with van der Waals surface area (Å²) in [7, 11) is 0. The largest absolute Gasteiger partial charge is 0.468 e. The lowest BCUT2D eigenvalue weighted by Crippen LogP contribution is -2.18. The predicted molar refractivity (Wildman–Crippen MR) is 75.4 cm³/mol. The second-order valence-corrected chi connectivity index (χ2v) is 5.59. The first kappa shape index (κ1) is 12.9. The Morgan fingerprint density at radius 3 is 2.95 bits per heavy atom. The van der Waals surface area contributed by atoms with Gasteiger partial charge in [0.05, 0.1) is 6.61 Å². The van der Waals surface area contributed by atoms with E-state index in [-0.39, 0.29) is 0 Å². The molecule has 104 valence electrons. The zero-order valence-corrected chi connectivity index (χ0v) is 11.7. The summed E-state index contributed by atoms with van der Waals surface area (Å²) < 4.78 is 11.2. The maximum Gasteiger partial charge on any atom is 0.189 e. The van der Waals surface area contributed by atoms with Crippen molar-refractivity contribution >= 4 is 0 Å². The molecule has 0 bridgehead atoms. The highest BCUT2D eigenvalue weighted by Gasteiger charge is 2.22. The van der Waals surface area contributed by atoms with Crippen LogP contribution in [0, 0.1) is 5.92 Å². The normalized spacial score (nSPS) is 21.4. The van der Waals surface area contributed by atoms with Crippen molar-refractivity contribution in [3.05, 3.63) is 29.3 Å². The van der Waals surface area contributed by atoms with Crippen molar-refractivity contribution in [3.8, 4) is 5.75 Å². The number of hydrogen-bond acceptors (Lipinski definition) is 3. The minimum atomic E-state index is 0.381. The van der Waals surface area contributed by atoms with Crippen molar-refractivity contribution in [2.24, 2.45) is 5.92 Å². The smallest absolute Gasteiger partial charge is 0.189 e. The molecule has 0 radical (unpaired) electrons. The lowest BCUT2D eigenvalue weighted by Gasteiger charge is -2.13. The monoisotopic (exact) mass is 261 g/mol. The molecule has 3 rings (SSSR count). The molecule has 2 aliphatic rings. The summed E-state index contributed by atoms with van der Waals surface area (Å²) in [6, 6.07) is 6.97. The lowest BCUT2D eigenvalue weighted by atomic mass is 10.1. The van der Waals surface area contributed by atoms with Crippen molar-refractivity contribution in [2.75, 3.05) is 19.9 Å². The van der Waals surface area contributed by atoms with Gasteiger partial charge < -0.3 is 14.8 Å². The molecule has 1 N–H and O–H groups in total. The number of aryl methyl sites for hydroxylation is 1. The molecule has 0 aromatic heterocycles. The quantitative estimate of drug-likeness (QED) is 0.604. The Hall–Kier alpha value is -1.06. The van der Waals surface area contributed by atoms with Gasteiger partial charge >= 0.3 is 0 Å². The van der Waals surface area contributed by atoms with Crippen molar-refractivity contribution < 1.29 is 9.47 Å². The molecule has 3 heteroatoms. The highest BCUT2D eigenvalue weighted by atomic mass is 16.7. The van der Waals surface area contributed by atoms with Crippen LogP contribution < -0.4 is 10.1 Å². The summed E-state index contributed by atoms with van der Waals surface area (Å²) in [6.45, 7) is 4.42. The zero-order chi connectivity index (χ0) is 13.1. The summed E-state index contributed by atoms with van der Waals surface area (Å²) in [5, 5.41) is 3.53. The molecule has 0 amide bonds. The Kier molecular flexibility index (Phi) is 4.04. The van der Waals surface area contributed by atoms with Crippen LogP contribution in [0.1, 0.15) is 43.4 Å². The van der Waals surface area contributed by atoms with Gasteiger partial charge in [0.25, 0.3) is 0 Å². The molecule has 0 saturated heterocycles. The molecule has 1 saturated carbocycles. The van der Waals surface area contributed by atoms with E-state index in [1.165, 1.54) is 30.4 Å². The number of benzene rings is 1. The molecule has 0 aliphatic heterocycles. The Morgan fingerprint density at radius 1 is 1.26 bits per heavy atom. The molecule has 1 unspecified atom stereocenters. The van der Waals surface area contributed by atoms with Crippen LogP contribution in [0.2, 0.25) is 0 Å². The Labute approximate surface area is 115 Å². The molecule has 19 heavy (non-hydrogen) atoms. The fourth-order valence-electron chi connectivity index (χ4n) is 2.75. The molecular weight excluding hydrogens is 238 g/mol. The Morgan fingerprint density at radius 2 is 2.16 bits per heavy atom. The van der Waals surface area contributed by atoms with Crippen LogP contribution in [-0.4, -0.2) is 19.9 Å². The van der Waals surface area contributed by atoms with Crippen LogP contribution in [0.25, 0.3) is 0 Å². The fraction of sp³-hybridized carbons (Fsp3) is 0.625. The van der Waals surface area contributed by atoms with Crippen molar-refractivity contribution in [2.45, 2.75) is 38.6 Å². The second kappa shape index (κ2) is 5.93. The third-order valence-corrected chi connectivity index (χ3v) is 4.00. The molecule has 0 spiro atoms. The SMILES string of the molecule is CCNC1CCc2cc(OCOCC3CC3)ccc21. The predicted octanol–water partition coefficient (Wildman–Crippen LogP) is 3.05. The number of ether oxygens (including phenoxy) is 2. The number of rotatable bonds is 7. The van der Waals surface area contributed by atoms with Gasteiger partial charge in [-0.15, -0.1) is 0 Å². The van der Waals surface area contributed by atoms with Gasteiger partial charge in [-0.2, -0.15) is 0 Å². The summed E-state index contributed by atoms with van der Waals surface area (Å²) in [5.41, 5.74) is 2.86. The maximum atomic E-state index is 5.66. The van der Waals surface area contributed by atoms with Crippen molar-refractivity contribution in [3.63, 3.8) is 0 Å². The third-order valence-electron chi connectivity index (χ3n) is 4.00. The van der Waals surface area contributed by atoms with Crippen LogP contribution in [0.3, 0.4) is 0 Å². The molecule has 1 atom stereocenters. The van der Waals surface area contributed by atoms with Crippen molar-refractivity contribution in [1.82, 2.24) is 5.32 Å². The van der Waals surface area contributed by atoms with Crippen molar-refractivity contribution in [1.29, 1.82) is 0 Å². The molecule has 0 heterocycles. The molecule has 1 fully saturated rings. The van der Waals surface area contributed by atoms with Gasteiger partial charge in [0.2, 0.25) is 0 Å². The van der Waals surface area contributed by atoms with Gasteiger partial charge in [-0.3, -0.25) is 0 Å². The zero-order valence-electron chi connectivity index (χ0n) is 11.7. The van der Waals surface area contributed by atoms with E-state index in [9.17, 15) is 0 Å².